The molecule has 1 aliphatic carbocycles. The van der Waals surface area contributed by atoms with Gasteiger partial charge in [0.15, 0.2) is 0 Å². The van der Waals surface area contributed by atoms with Crippen LogP contribution in [0.15, 0.2) is 50.8 Å². The number of piperidine rings is 1. The number of nitrogens with one attached hydrogen (secondary N) is 1. The summed E-state index contributed by atoms with van der Waals surface area (Å²) in [4.78, 5) is 40.6. The first kappa shape index (κ1) is 29.5. The molecular weight excluding hydrogens is 548 g/mol. The Kier molecular flexibility index (Phi) is 8.46. The van der Waals surface area contributed by atoms with Crippen LogP contribution in [-0.4, -0.2) is 104 Å². The highest BCUT2D eigenvalue weighted by Gasteiger charge is 2.53. The number of methoxy groups -OCH3 is 2. The van der Waals surface area contributed by atoms with Crippen LogP contribution in [0.5, 0.6) is 5.75 Å². The number of alkyl halides is 2. The van der Waals surface area contributed by atoms with E-state index in [1.165, 1.54) is 7.11 Å². The van der Waals surface area contributed by atoms with Crippen LogP contribution in [0.3, 0.4) is 0 Å². The number of hydrogen-bond acceptors (Lipinski definition) is 8. The van der Waals surface area contributed by atoms with Gasteiger partial charge in [-0.15, -0.1) is 0 Å². The van der Waals surface area contributed by atoms with Crippen molar-refractivity contribution in [2.45, 2.75) is 43.7 Å². The third-order valence-corrected chi connectivity index (χ3v) is 8.60. The van der Waals surface area contributed by atoms with E-state index in [1.807, 2.05) is 29.2 Å². The highest BCUT2D eigenvalue weighted by atomic mass is 19.3. The maximum Gasteiger partial charge on any atom is 0.322 e. The van der Waals surface area contributed by atoms with Crippen molar-refractivity contribution in [3.05, 3.63) is 41.3 Å². The molecule has 5 rings (SSSR count). The van der Waals surface area contributed by atoms with Crippen LogP contribution in [-0.2, 0) is 16.1 Å². The number of rotatable bonds is 10. The van der Waals surface area contributed by atoms with Gasteiger partial charge in [0.05, 0.1) is 19.8 Å². The zero-order valence-corrected chi connectivity index (χ0v) is 24.0. The first-order valence-corrected chi connectivity index (χ1v) is 14.1. The summed E-state index contributed by atoms with van der Waals surface area (Å²) in [5.41, 5.74) is 4.00. The number of hydrazone groups is 1. The summed E-state index contributed by atoms with van der Waals surface area (Å²) in [6.45, 7) is 5.87. The highest BCUT2D eigenvalue weighted by molar-refractivity contribution is 5.87. The number of hydrogen-bond donors (Lipinski definition) is 1. The van der Waals surface area contributed by atoms with Gasteiger partial charge >= 0.3 is 6.03 Å². The van der Waals surface area contributed by atoms with Crippen molar-refractivity contribution in [1.82, 2.24) is 20.1 Å². The molecule has 1 unspecified atom stereocenters. The van der Waals surface area contributed by atoms with Gasteiger partial charge in [-0.1, -0.05) is 12.1 Å². The number of halogens is 2. The van der Waals surface area contributed by atoms with Gasteiger partial charge < -0.3 is 29.6 Å². The zero-order chi connectivity index (χ0) is 29.9. The number of carbonyl (C=O) groups is 2. The van der Waals surface area contributed by atoms with E-state index in [0.29, 0.717) is 62.8 Å². The van der Waals surface area contributed by atoms with Gasteiger partial charge in [0.2, 0.25) is 17.7 Å². The van der Waals surface area contributed by atoms with Crippen LogP contribution in [0.25, 0.3) is 0 Å². The van der Waals surface area contributed by atoms with Crippen molar-refractivity contribution < 1.29 is 27.8 Å². The molecule has 1 aromatic carbocycles. The fourth-order valence-electron chi connectivity index (χ4n) is 6.20. The molecule has 4 aliphatic rings. The summed E-state index contributed by atoms with van der Waals surface area (Å²) in [6.07, 6.45) is 3.72. The number of benzene rings is 1. The third kappa shape index (κ3) is 5.95. The number of carbonyl (C=O) groups excluding carboxylic acids is 2. The second kappa shape index (κ2) is 12.1. The van der Waals surface area contributed by atoms with Crippen LogP contribution in [0.1, 0.15) is 31.2 Å². The minimum absolute atomic E-state index is 0.100. The number of urea groups is 1. The molecule has 42 heavy (non-hydrogen) atoms. The summed E-state index contributed by atoms with van der Waals surface area (Å²) in [6, 6.07) is 7.43. The van der Waals surface area contributed by atoms with Gasteiger partial charge in [-0.3, -0.25) is 9.79 Å². The number of nitrogens with zero attached hydrogens (tertiary/aromatic N) is 6. The molecule has 226 valence electrons. The van der Waals surface area contributed by atoms with Gasteiger partial charge in [-0.05, 0) is 37.3 Å². The molecule has 11 nitrogen and oxygen atoms in total. The molecule has 13 heteroatoms. The summed E-state index contributed by atoms with van der Waals surface area (Å²) in [7, 11) is 3.11. The average Bonchev–Trinajstić information content (AvgIpc) is 3.59. The second-order valence-corrected chi connectivity index (χ2v) is 11.3. The molecule has 0 bridgehead atoms. The minimum Gasteiger partial charge on any atom is -0.497 e. The number of likely N-dealkylation sites (tertiary alicyclic amines) is 1. The monoisotopic (exact) mass is 585 g/mol. The SMILES string of the molecule is C=N/C(OC)=C(\C=N/CN1CC2(CCN(C(=O)C3CC(F)(F)C3)CC2)N(Cc2cccc(OC)c2)C1=O)C1C=NNC1. The number of aliphatic imine (C=N–C) groups is 2. The smallest absolute Gasteiger partial charge is 0.322 e. The Morgan fingerprint density at radius 1 is 1.26 bits per heavy atom. The van der Waals surface area contributed by atoms with Crippen molar-refractivity contribution in [3.8, 4) is 5.75 Å². The standard InChI is InChI=1S/C29H37F2N7O4/c1-32-25(42-3)24(22-14-34-35-15-22)16-33-19-37-18-28(38(27(37)40)17-20-5-4-6-23(11-20)41-2)7-9-36(10-8-28)26(39)21-12-29(30,31)13-21/h4-6,11,14,16,21-22,35H,1,7-10,12-13,15,17-19H2,2-3H3/b25-24-,33-16-. The fourth-order valence-corrected chi connectivity index (χ4v) is 6.20. The van der Waals surface area contributed by atoms with Crippen molar-refractivity contribution in [1.29, 1.82) is 0 Å². The molecule has 0 radical (unpaired) electrons. The van der Waals surface area contributed by atoms with E-state index < -0.39 is 17.4 Å². The lowest BCUT2D eigenvalue weighted by Gasteiger charge is -2.45. The first-order valence-electron chi connectivity index (χ1n) is 14.1. The number of ether oxygens (including phenoxy) is 2. The van der Waals surface area contributed by atoms with Crippen LogP contribution >= 0.6 is 0 Å². The molecule has 2 saturated heterocycles. The van der Waals surface area contributed by atoms with Crippen LogP contribution < -0.4 is 10.2 Å². The van der Waals surface area contributed by atoms with E-state index in [9.17, 15) is 18.4 Å². The van der Waals surface area contributed by atoms with Gasteiger partial charge in [-0.25, -0.2) is 18.6 Å². The van der Waals surface area contributed by atoms with E-state index in [-0.39, 0.29) is 37.4 Å². The predicted molar refractivity (Wildman–Crippen MR) is 154 cm³/mol. The molecule has 3 heterocycles. The molecule has 1 N–H and O–H groups in total. The summed E-state index contributed by atoms with van der Waals surface area (Å²) in [5.74, 6) is -2.65. The maximum absolute atomic E-state index is 13.9. The van der Waals surface area contributed by atoms with Crippen LogP contribution in [0.4, 0.5) is 13.6 Å². The lowest BCUT2D eigenvalue weighted by molar-refractivity contribution is -0.161. The molecule has 3 amide bonds. The molecule has 1 atom stereocenters. The van der Waals surface area contributed by atoms with Crippen molar-refractivity contribution >= 4 is 31.1 Å². The Bertz CT molecular complexity index is 1280. The van der Waals surface area contributed by atoms with Gasteiger partial charge in [0, 0.05) is 75.4 Å². The molecule has 0 aromatic heterocycles. The summed E-state index contributed by atoms with van der Waals surface area (Å²) >= 11 is 0. The van der Waals surface area contributed by atoms with Crippen molar-refractivity contribution in [3.63, 3.8) is 0 Å². The van der Waals surface area contributed by atoms with Crippen LogP contribution in [0.2, 0.25) is 0 Å². The molecule has 1 saturated carbocycles. The van der Waals surface area contributed by atoms with E-state index in [2.05, 4.69) is 27.2 Å². The minimum atomic E-state index is -2.74. The lowest BCUT2D eigenvalue weighted by atomic mass is 9.79. The Morgan fingerprint density at radius 3 is 2.64 bits per heavy atom. The van der Waals surface area contributed by atoms with Crippen LogP contribution in [0, 0.1) is 11.8 Å². The normalized spacial score (nSPS) is 23.7. The molecule has 1 aromatic rings. The Balaban J connectivity index is 1.33. The third-order valence-electron chi connectivity index (χ3n) is 8.60. The Hall–Kier alpha value is -4.03. The average molecular weight is 586 g/mol. The first-order chi connectivity index (χ1) is 20.2. The predicted octanol–water partition coefficient (Wildman–Crippen LogP) is 3.13. The van der Waals surface area contributed by atoms with E-state index in [4.69, 9.17) is 9.47 Å². The topological polar surface area (TPSA) is 111 Å². The fraction of sp³-hybridized carbons (Fsp3) is 0.552. The molecular formula is C29H37F2N7O4. The quantitative estimate of drug-likeness (QED) is 0.335. The van der Waals surface area contributed by atoms with E-state index in [1.54, 1.807) is 29.3 Å². The van der Waals surface area contributed by atoms with Gasteiger partial charge in [-0.2, -0.15) is 5.10 Å². The van der Waals surface area contributed by atoms with E-state index >= 15 is 0 Å². The molecule has 3 fully saturated rings. The zero-order valence-electron chi connectivity index (χ0n) is 24.0. The molecule has 1 spiro atoms. The summed E-state index contributed by atoms with van der Waals surface area (Å²) < 4.78 is 37.6. The maximum atomic E-state index is 13.9. The van der Waals surface area contributed by atoms with Crippen molar-refractivity contribution in [2.24, 2.45) is 26.9 Å². The Labute approximate surface area is 243 Å². The van der Waals surface area contributed by atoms with Crippen molar-refractivity contribution in [2.75, 3.05) is 47.1 Å². The second-order valence-electron chi connectivity index (χ2n) is 11.3. The lowest BCUT2D eigenvalue weighted by Crippen LogP contribution is -2.57. The molecule has 3 aliphatic heterocycles. The van der Waals surface area contributed by atoms with Gasteiger partial charge in [0.25, 0.3) is 0 Å². The Morgan fingerprint density at radius 2 is 2.02 bits per heavy atom. The largest absolute Gasteiger partial charge is 0.497 e. The highest BCUT2D eigenvalue weighted by Crippen LogP contribution is 2.44. The number of amides is 3. The summed E-state index contributed by atoms with van der Waals surface area (Å²) in [5, 5.41) is 4.07. The van der Waals surface area contributed by atoms with E-state index in [0.717, 1.165) is 5.56 Å². The van der Waals surface area contributed by atoms with Gasteiger partial charge in [0.1, 0.15) is 12.4 Å².